The van der Waals surface area contributed by atoms with Crippen molar-refractivity contribution in [3.8, 4) is 0 Å². The first-order valence-electron chi connectivity index (χ1n) is 4.39. The molecule has 0 amide bonds. The first-order chi connectivity index (χ1) is 7.05. The summed E-state index contributed by atoms with van der Waals surface area (Å²) in [7, 11) is -3.34. The van der Waals surface area contributed by atoms with E-state index in [4.69, 9.17) is 5.11 Å². The summed E-state index contributed by atoms with van der Waals surface area (Å²) in [4.78, 5) is 0. The zero-order chi connectivity index (χ0) is 11.1. The van der Waals surface area contributed by atoms with Gasteiger partial charge in [-0.1, -0.05) is 0 Å². The highest BCUT2D eigenvalue weighted by Crippen LogP contribution is 2.33. The van der Waals surface area contributed by atoms with E-state index < -0.39 is 10.0 Å². The number of rotatable bonds is 3. The first kappa shape index (κ1) is 11.5. The van der Waals surface area contributed by atoms with Crippen molar-refractivity contribution in [1.29, 1.82) is 0 Å². The molecule has 15 heavy (non-hydrogen) atoms. The second-order valence-electron chi connectivity index (χ2n) is 3.43. The van der Waals surface area contributed by atoms with Crippen LogP contribution < -0.4 is 0 Å². The molecular weight excluding hydrogens is 302 g/mol. The predicted octanol–water partition coefficient (Wildman–Crippen LogP) is 1.12. The topological polar surface area (TPSA) is 57.6 Å². The van der Waals surface area contributed by atoms with E-state index in [1.54, 1.807) is 11.4 Å². The van der Waals surface area contributed by atoms with Crippen LogP contribution in [0.25, 0.3) is 0 Å². The summed E-state index contributed by atoms with van der Waals surface area (Å²) in [6, 6.07) is 1.72. The average Bonchev–Trinajstić information content (AvgIpc) is 2.49. The summed E-state index contributed by atoms with van der Waals surface area (Å²) in [5.41, 5.74) is 0. The summed E-state index contributed by atoms with van der Waals surface area (Å²) < 4.78 is 26.3. The Morgan fingerprint density at radius 2 is 2.27 bits per heavy atom. The van der Waals surface area contributed by atoms with Crippen LogP contribution in [0.15, 0.2) is 20.1 Å². The number of hydrogen-bond donors (Lipinski definition) is 1. The summed E-state index contributed by atoms with van der Waals surface area (Å²) in [5, 5.41) is 10.6. The van der Waals surface area contributed by atoms with Crippen LogP contribution >= 0.6 is 27.3 Å². The minimum atomic E-state index is -3.34. The van der Waals surface area contributed by atoms with E-state index in [0.29, 0.717) is 21.8 Å². The number of aliphatic hydroxyl groups excluding tert-OH is 1. The van der Waals surface area contributed by atoms with Gasteiger partial charge in [-0.15, -0.1) is 11.3 Å². The smallest absolute Gasteiger partial charge is 0.253 e. The van der Waals surface area contributed by atoms with Gasteiger partial charge in [0.2, 0.25) is 0 Å². The Hall–Kier alpha value is 0.0500. The molecule has 1 aliphatic rings. The maximum atomic E-state index is 12.0. The largest absolute Gasteiger partial charge is 0.396 e. The van der Waals surface area contributed by atoms with Crippen molar-refractivity contribution >= 4 is 37.3 Å². The number of hydrogen-bond acceptors (Lipinski definition) is 4. The normalized spacial score (nSPS) is 19.1. The molecule has 7 heteroatoms. The Labute approximate surface area is 101 Å². The highest BCUT2D eigenvalue weighted by molar-refractivity contribution is 9.10. The van der Waals surface area contributed by atoms with Gasteiger partial charge in [-0.25, -0.2) is 8.42 Å². The van der Waals surface area contributed by atoms with Crippen LogP contribution in [0, 0.1) is 5.92 Å². The number of thiophene rings is 1. The van der Waals surface area contributed by atoms with Crippen LogP contribution in [-0.2, 0) is 10.0 Å². The van der Waals surface area contributed by atoms with Gasteiger partial charge in [0.25, 0.3) is 10.0 Å². The number of halogens is 1. The van der Waals surface area contributed by atoms with E-state index in [9.17, 15) is 8.42 Å². The monoisotopic (exact) mass is 311 g/mol. The standard InChI is InChI=1S/C8H10BrNO3S2/c9-7-1-2-14-8(7)15(12,13)10-3-6(4-10)5-11/h1-2,6,11H,3-5H2. The first-order valence-corrected chi connectivity index (χ1v) is 7.51. The molecule has 2 heterocycles. The predicted molar refractivity (Wildman–Crippen MR) is 61.4 cm³/mol. The van der Waals surface area contributed by atoms with Crippen molar-refractivity contribution in [3.63, 3.8) is 0 Å². The van der Waals surface area contributed by atoms with Gasteiger partial charge >= 0.3 is 0 Å². The van der Waals surface area contributed by atoms with E-state index in [1.807, 2.05) is 0 Å². The molecule has 0 aliphatic carbocycles. The molecule has 1 aromatic heterocycles. The van der Waals surface area contributed by atoms with E-state index in [2.05, 4.69) is 15.9 Å². The summed E-state index contributed by atoms with van der Waals surface area (Å²) in [5.74, 6) is 0.0958. The molecule has 0 bridgehead atoms. The fraction of sp³-hybridized carbons (Fsp3) is 0.500. The summed E-state index contributed by atoms with van der Waals surface area (Å²) >= 11 is 4.41. The molecule has 1 fully saturated rings. The Morgan fingerprint density at radius 3 is 2.73 bits per heavy atom. The number of aliphatic hydroxyl groups is 1. The van der Waals surface area contributed by atoms with Crippen LogP contribution in [0.2, 0.25) is 0 Å². The third-order valence-electron chi connectivity index (χ3n) is 2.34. The lowest BCUT2D eigenvalue weighted by Gasteiger charge is -2.36. The molecule has 0 radical (unpaired) electrons. The molecular formula is C8H10BrNO3S2. The van der Waals surface area contributed by atoms with E-state index in [-0.39, 0.29) is 12.5 Å². The molecule has 1 aromatic rings. The summed E-state index contributed by atoms with van der Waals surface area (Å²) in [6.45, 7) is 0.893. The van der Waals surface area contributed by atoms with Crippen molar-refractivity contribution in [1.82, 2.24) is 4.31 Å². The minimum absolute atomic E-state index is 0.0532. The second-order valence-corrected chi connectivity index (χ2v) is 7.33. The molecule has 0 saturated carbocycles. The highest BCUT2D eigenvalue weighted by Gasteiger charge is 2.37. The van der Waals surface area contributed by atoms with Crippen molar-refractivity contribution in [3.05, 3.63) is 15.9 Å². The molecule has 1 N–H and O–H groups in total. The molecule has 84 valence electrons. The van der Waals surface area contributed by atoms with E-state index >= 15 is 0 Å². The molecule has 4 nitrogen and oxygen atoms in total. The van der Waals surface area contributed by atoms with Crippen molar-refractivity contribution < 1.29 is 13.5 Å². The van der Waals surface area contributed by atoms with Crippen LogP contribution in [-0.4, -0.2) is 37.5 Å². The number of sulfonamides is 1. The van der Waals surface area contributed by atoms with E-state index in [0.717, 1.165) is 0 Å². The van der Waals surface area contributed by atoms with E-state index in [1.165, 1.54) is 15.6 Å². The zero-order valence-electron chi connectivity index (χ0n) is 7.76. The lowest BCUT2D eigenvalue weighted by atomic mass is 10.1. The highest BCUT2D eigenvalue weighted by atomic mass is 79.9. The quantitative estimate of drug-likeness (QED) is 0.910. The third kappa shape index (κ3) is 1.99. The number of nitrogens with zero attached hydrogens (tertiary/aromatic N) is 1. The van der Waals surface area contributed by atoms with Crippen LogP contribution in [0.3, 0.4) is 0 Å². The Kier molecular flexibility index (Phi) is 3.18. The fourth-order valence-corrected chi connectivity index (χ4v) is 5.46. The minimum Gasteiger partial charge on any atom is -0.396 e. The van der Waals surface area contributed by atoms with Gasteiger partial charge in [0.1, 0.15) is 4.21 Å². The maximum absolute atomic E-state index is 12.0. The van der Waals surface area contributed by atoms with Crippen molar-refractivity contribution in [2.75, 3.05) is 19.7 Å². The van der Waals surface area contributed by atoms with Crippen LogP contribution in [0.1, 0.15) is 0 Å². The van der Waals surface area contributed by atoms with Crippen LogP contribution in [0.4, 0.5) is 0 Å². The maximum Gasteiger partial charge on any atom is 0.253 e. The lowest BCUT2D eigenvalue weighted by molar-refractivity contribution is 0.117. The molecule has 1 aliphatic heterocycles. The Morgan fingerprint density at radius 1 is 1.60 bits per heavy atom. The van der Waals surface area contributed by atoms with Gasteiger partial charge in [-0.3, -0.25) is 0 Å². The van der Waals surface area contributed by atoms with Gasteiger partial charge in [0.05, 0.1) is 0 Å². The molecule has 0 atom stereocenters. The van der Waals surface area contributed by atoms with Gasteiger partial charge < -0.3 is 5.11 Å². The fourth-order valence-electron chi connectivity index (χ4n) is 1.42. The molecule has 1 saturated heterocycles. The Balaban J connectivity index is 2.19. The third-order valence-corrected chi connectivity index (χ3v) is 6.82. The van der Waals surface area contributed by atoms with Gasteiger partial charge in [0.15, 0.2) is 0 Å². The van der Waals surface area contributed by atoms with Gasteiger partial charge in [0, 0.05) is 30.1 Å². The van der Waals surface area contributed by atoms with Crippen molar-refractivity contribution in [2.45, 2.75) is 4.21 Å². The van der Waals surface area contributed by atoms with Crippen LogP contribution in [0.5, 0.6) is 0 Å². The molecule has 0 unspecified atom stereocenters. The molecule has 0 spiro atoms. The lowest BCUT2D eigenvalue weighted by Crippen LogP contribution is -2.50. The molecule has 2 rings (SSSR count). The second kappa shape index (κ2) is 4.14. The van der Waals surface area contributed by atoms with Gasteiger partial charge in [-0.05, 0) is 27.4 Å². The molecule has 0 aromatic carbocycles. The average molecular weight is 312 g/mol. The summed E-state index contributed by atoms with van der Waals surface area (Å²) in [6.07, 6.45) is 0. The van der Waals surface area contributed by atoms with Gasteiger partial charge in [-0.2, -0.15) is 4.31 Å². The SMILES string of the molecule is O=S(=O)(c1sccc1Br)N1CC(CO)C1. The van der Waals surface area contributed by atoms with Crippen molar-refractivity contribution in [2.24, 2.45) is 5.92 Å². The Bertz CT molecular complexity index is 450. The zero-order valence-corrected chi connectivity index (χ0v) is 11.0.